The Hall–Kier alpha value is -1.20. The van der Waals surface area contributed by atoms with Crippen molar-refractivity contribution in [2.45, 2.75) is 82.5 Å². The highest BCUT2D eigenvalue weighted by Gasteiger charge is 2.42. The van der Waals surface area contributed by atoms with Crippen LogP contribution in [-0.4, -0.2) is 82.6 Å². The molecule has 0 aliphatic carbocycles. The summed E-state index contributed by atoms with van der Waals surface area (Å²) < 4.78 is 5.49. The quantitative estimate of drug-likeness (QED) is 0.262. The fraction of sp³-hybridized carbons (Fsp3) is 0.818. The van der Waals surface area contributed by atoms with E-state index < -0.39 is 35.5 Å². The van der Waals surface area contributed by atoms with Crippen molar-refractivity contribution in [1.82, 2.24) is 20.9 Å². The number of alkyl halides is 2. The summed E-state index contributed by atoms with van der Waals surface area (Å²) in [4.78, 5) is 54.2. The second kappa shape index (κ2) is 13.6. The summed E-state index contributed by atoms with van der Waals surface area (Å²) in [7, 11) is 0. The van der Waals surface area contributed by atoms with Crippen molar-refractivity contribution in [3.05, 3.63) is 0 Å². The van der Waals surface area contributed by atoms with Gasteiger partial charge in [-0.05, 0) is 46.0 Å². The normalized spacial score (nSPS) is 26.1. The monoisotopic (exact) mass is 594 g/mol. The van der Waals surface area contributed by atoms with Gasteiger partial charge in [-0.3, -0.25) is 19.2 Å². The van der Waals surface area contributed by atoms with E-state index in [1.54, 1.807) is 18.7 Å². The van der Waals surface area contributed by atoms with Crippen molar-refractivity contribution in [3.8, 4) is 0 Å². The lowest BCUT2D eigenvalue weighted by Gasteiger charge is -2.34. The molecule has 11 heteroatoms. The highest BCUT2D eigenvalue weighted by molar-refractivity contribution is 9.09. The molecular weight excluding hydrogens is 560 g/mol. The Morgan fingerprint density at radius 2 is 1.70 bits per heavy atom. The van der Waals surface area contributed by atoms with E-state index in [0.717, 1.165) is 24.6 Å². The summed E-state index contributed by atoms with van der Waals surface area (Å²) in [6.07, 6.45) is 4.63. The Morgan fingerprint density at radius 3 is 2.39 bits per heavy atom. The fourth-order valence-electron chi connectivity index (χ4n) is 4.07. The number of nitrogens with zero attached hydrogens (tertiary/aromatic N) is 1. The second-order valence-corrected chi connectivity index (χ2v) is 10.6. The maximum Gasteiger partial charge on any atom is 0.245 e. The summed E-state index contributed by atoms with van der Waals surface area (Å²) in [6, 6.07) is -2.24. The van der Waals surface area contributed by atoms with Crippen molar-refractivity contribution in [1.29, 1.82) is 0 Å². The van der Waals surface area contributed by atoms with E-state index >= 15 is 0 Å². The van der Waals surface area contributed by atoms with Crippen molar-refractivity contribution in [2.24, 2.45) is 0 Å². The minimum atomic E-state index is -1.26. The van der Waals surface area contributed by atoms with Gasteiger partial charge < -0.3 is 25.6 Å². The Morgan fingerprint density at radius 1 is 0.939 bits per heavy atom. The van der Waals surface area contributed by atoms with Gasteiger partial charge in [0.1, 0.15) is 23.7 Å². The van der Waals surface area contributed by atoms with Crippen LogP contribution >= 0.6 is 31.9 Å². The number of halogens is 2. The van der Waals surface area contributed by atoms with Gasteiger partial charge in [-0.1, -0.05) is 44.7 Å². The third kappa shape index (κ3) is 8.20. The molecule has 0 aromatic rings. The predicted octanol–water partition coefficient (Wildman–Crippen LogP) is 1.61. The zero-order valence-corrected chi connectivity index (χ0v) is 22.6. The summed E-state index contributed by atoms with van der Waals surface area (Å²) >= 11 is 6.69. The van der Waals surface area contributed by atoms with Crippen molar-refractivity contribution in [2.75, 3.05) is 30.4 Å². The van der Waals surface area contributed by atoms with Crippen LogP contribution in [-0.2, 0) is 23.9 Å². The molecule has 2 aliphatic heterocycles. The van der Waals surface area contributed by atoms with Gasteiger partial charge in [-0.25, -0.2) is 0 Å². The smallest absolute Gasteiger partial charge is 0.245 e. The Balaban J connectivity index is 2.26. The number of amides is 4. The minimum Gasteiger partial charge on any atom is -0.380 e. The van der Waals surface area contributed by atoms with E-state index in [0.29, 0.717) is 37.7 Å². The van der Waals surface area contributed by atoms with Crippen LogP contribution in [0.25, 0.3) is 0 Å². The third-order valence-electron chi connectivity index (χ3n) is 5.98. The van der Waals surface area contributed by atoms with Gasteiger partial charge in [0, 0.05) is 23.8 Å². The molecule has 2 fully saturated rings. The van der Waals surface area contributed by atoms with Crippen molar-refractivity contribution < 1.29 is 23.9 Å². The number of unbranched alkanes of at least 4 members (excludes halogenated alkanes) is 2. The molecule has 0 radical (unpaired) electrons. The highest BCUT2D eigenvalue weighted by atomic mass is 79.9. The lowest BCUT2D eigenvalue weighted by molar-refractivity contribution is -0.144. The number of carbonyl (C=O) groups excluding carboxylic acids is 4. The molecule has 188 valence electrons. The number of fused-ring (bicyclic) bond motifs is 1. The van der Waals surface area contributed by atoms with Crippen molar-refractivity contribution >= 4 is 55.5 Å². The molecule has 0 aromatic heterocycles. The fourth-order valence-corrected chi connectivity index (χ4v) is 4.69. The molecule has 3 N–H and O–H groups in total. The van der Waals surface area contributed by atoms with Gasteiger partial charge in [0.05, 0.1) is 6.61 Å². The Labute approximate surface area is 212 Å². The maximum absolute atomic E-state index is 13.4. The van der Waals surface area contributed by atoms with E-state index in [1.807, 2.05) is 0 Å². The van der Waals surface area contributed by atoms with Gasteiger partial charge >= 0.3 is 0 Å². The summed E-state index contributed by atoms with van der Waals surface area (Å²) in [5.41, 5.74) is -1.26. The zero-order chi connectivity index (χ0) is 24.4. The number of nitrogens with one attached hydrogen (secondary N) is 3. The van der Waals surface area contributed by atoms with Gasteiger partial charge in [-0.15, -0.1) is 0 Å². The van der Waals surface area contributed by atoms with Crippen molar-refractivity contribution in [3.63, 3.8) is 0 Å². The van der Waals surface area contributed by atoms with Crippen LogP contribution in [0.15, 0.2) is 0 Å². The van der Waals surface area contributed by atoms with E-state index in [-0.39, 0.29) is 24.8 Å². The predicted molar refractivity (Wildman–Crippen MR) is 132 cm³/mol. The average Bonchev–Trinajstić information content (AvgIpc) is 3.26. The minimum absolute atomic E-state index is 0.280. The van der Waals surface area contributed by atoms with Gasteiger partial charge in [0.15, 0.2) is 0 Å². The maximum atomic E-state index is 13.4. The molecule has 2 heterocycles. The zero-order valence-electron chi connectivity index (χ0n) is 19.5. The van der Waals surface area contributed by atoms with Crippen LogP contribution < -0.4 is 16.0 Å². The van der Waals surface area contributed by atoms with Crippen LogP contribution in [0.3, 0.4) is 0 Å². The molecule has 3 atom stereocenters. The largest absolute Gasteiger partial charge is 0.380 e. The molecule has 2 saturated heterocycles. The lowest BCUT2D eigenvalue weighted by Crippen LogP contribution is -2.64. The van der Waals surface area contributed by atoms with Gasteiger partial charge in [-0.2, -0.15) is 0 Å². The number of ether oxygens (including phenoxy) is 1. The number of rotatable bonds is 10. The van der Waals surface area contributed by atoms with E-state index in [9.17, 15) is 19.2 Å². The summed E-state index contributed by atoms with van der Waals surface area (Å²) in [5, 5.41) is 9.98. The first-order valence-corrected chi connectivity index (χ1v) is 13.9. The first-order valence-electron chi connectivity index (χ1n) is 11.6. The molecular formula is C22H36Br2N4O5. The topological polar surface area (TPSA) is 117 Å². The van der Waals surface area contributed by atoms with Crippen LogP contribution in [0.1, 0.15) is 58.8 Å². The van der Waals surface area contributed by atoms with Crippen LogP contribution in [0, 0.1) is 0 Å². The molecule has 0 saturated carbocycles. The first kappa shape index (κ1) is 28.0. The van der Waals surface area contributed by atoms with E-state index in [4.69, 9.17) is 4.74 Å². The van der Waals surface area contributed by atoms with Gasteiger partial charge in [0.25, 0.3) is 0 Å². The number of carbonyl (C=O) groups is 4. The van der Waals surface area contributed by atoms with Gasteiger partial charge in [0.2, 0.25) is 23.6 Å². The Bertz CT molecular complexity index is 706. The average molecular weight is 596 g/mol. The molecule has 9 nitrogen and oxygen atoms in total. The van der Waals surface area contributed by atoms with E-state index in [1.165, 1.54) is 0 Å². The second-order valence-electron chi connectivity index (χ2n) is 9.02. The summed E-state index contributed by atoms with van der Waals surface area (Å²) in [5.74, 6) is -1.45. The molecule has 0 spiro atoms. The first-order chi connectivity index (χ1) is 15.7. The SMILES string of the molecule is CC1(C)NC(=O)[C@H](CCCCCBr)NC(=O)[C@H]2CCCN2C(=O)[C@H](CCOCCBr)NC1=O. The molecule has 33 heavy (non-hydrogen) atoms. The number of hydrogen-bond donors (Lipinski definition) is 3. The lowest BCUT2D eigenvalue weighted by atomic mass is 9.99. The molecule has 2 rings (SSSR count). The Kier molecular flexibility index (Phi) is 11.6. The molecule has 0 aromatic carbocycles. The van der Waals surface area contributed by atoms with Crippen LogP contribution in [0.4, 0.5) is 0 Å². The molecule has 0 bridgehead atoms. The molecule has 0 unspecified atom stereocenters. The van der Waals surface area contributed by atoms with E-state index in [2.05, 4.69) is 47.8 Å². The van der Waals surface area contributed by atoms with Crippen LogP contribution in [0.5, 0.6) is 0 Å². The standard InChI is InChI=1S/C22H36Br2N4O5/c1-22(2)21(32)26-16(9-13-33-14-11-24)20(31)28-12-6-8-17(28)19(30)25-15(18(29)27-22)7-4-3-5-10-23/h15-17H,3-14H2,1-2H3,(H,25,30)(H,26,32)(H,27,29)/t15-,16-,17+/m0/s1. The summed E-state index contributed by atoms with van der Waals surface area (Å²) in [6.45, 7) is 4.41. The molecule has 4 amide bonds. The van der Waals surface area contributed by atoms with Crippen LogP contribution in [0.2, 0.25) is 0 Å². The third-order valence-corrected chi connectivity index (χ3v) is 6.86. The molecule has 2 aliphatic rings. The highest BCUT2D eigenvalue weighted by Crippen LogP contribution is 2.21. The number of hydrogen-bond acceptors (Lipinski definition) is 5.